The standard InChI is InChI=1S/C14H23N3O2/c1-13(2,3)19-12(18)17-14(4,7-8-15)11-6-5-9-16-10-11/h5-6,9-10H,7-8,15H2,1-4H3,(H,17,18). The number of nitrogens with zero attached hydrogens (tertiary/aromatic N) is 1. The van der Waals surface area contributed by atoms with Crippen molar-refractivity contribution in [1.82, 2.24) is 10.3 Å². The molecule has 0 aliphatic rings. The normalized spacial score (nSPS) is 14.6. The van der Waals surface area contributed by atoms with Gasteiger partial charge in [0.2, 0.25) is 0 Å². The number of carbonyl (C=O) groups is 1. The quantitative estimate of drug-likeness (QED) is 0.874. The first kappa shape index (κ1) is 15.4. The van der Waals surface area contributed by atoms with E-state index in [-0.39, 0.29) is 0 Å². The van der Waals surface area contributed by atoms with Gasteiger partial charge < -0.3 is 15.8 Å². The van der Waals surface area contributed by atoms with E-state index in [1.165, 1.54) is 0 Å². The van der Waals surface area contributed by atoms with Gasteiger partial charge in [0.25, 0.3) is 0 Å². The van der Waals surface area contributed by atoms with Crippen LogP contribution in [0.15, 0.2) is 24.5 Å². The van der Waals surface area contributed by atoms with Crippen molar-refractivity contribution in [1.29, 1.82) is 0 Å². The summed E-state index contributed by atoms with van der Waals surface area (Å²) < 4.78 is 5.29. The number of aromatic nitrogens is 1. The highest BCUT2D eigenvalue weighted by molar-refractivity contribution is 5.69. The molecule has 0 fully saturated rings. The molecule has 5 nitrogen and oxygen atoms in total. The number of alkyl carbamates (subject to hydrolysis) is 1. The number of carbonyl (C=O) groups excluding carboxylic acids is 1. The van der Waals surface area contributed by atoms with Gasteiger partial charge in [-0.1, -0.05) is 6.07 Å². The Kier molecular flexibility index (Phi) is 4.89. The van der Waals surface area contributed by atoms with Gasteiger partial charge in [0.05, 0.1) is 5.54 Å². The molecule has 0 radical (unpaired) electrons. The average molecular weight is 265 g/mol. The Labute approximate surface area is 114 Å². The first-order valence-electron chi connectivity index (χ1n) is 6.38. The molecule has 1 unspecified atom stereocenters. The molecule has 1 aromatic rings. The molecular formula is C14H23N3O2. The number of hydrogen-bond donors (Lipinski definition) is 2. The number of amides is 1. The van der Waals surface area contributed by atoms with Gasteiger partial charge in [0.1, 0.15) is 5.60 Å². The Balaban J connectivity index is 2.86. The van der Waals surface area contributed by atoms with Gasteiger partial charge in [-0.25, -0.2) is 4.79 Å². The lowest BCUT2D eigenvalue weighted by atomic mass is 9.90. The molecule has 0 saturated heterocycles. The molecule has 1 heterocycles. The number of nitrogens with two attached hydrogens (primary N) is 1. The zero-order chi connectivity index (χ0) is 14.5. The number of rotatable bonds is 4. The Bertz CT molecular complexity index is 414. The molecule has 1 rings (SSSR count). The van der Waals surface area contributed by atoms with Crippen molar-refractivity contribution in [3.63, 3.8) is 0 Å². The van der Waals surface area contributed by atoms with Crippen LogP contribution in [-0.2, 0) is 10.3 Å². The van der Waals surface area contributed by atoms with E-state index in [0.29, 0.717) is 13.0 Å². The summed E-state index contributed by atoms with van der Waals surface area (Å²) in [6.07, 6.45) is 3.58. The smallest absolute Gasteiger partial charge is 0.408 e. The number of pyridine rings is 1. The van der Waals surface area contributed by atoms with Crippen molar-refractivity contribution < 1.29 is 9.53 Å². The van der Waals surface area contributed by atoms with Gasteiger partial charge in [-0.3, -0.25) is 4.98 Å². The van der Waals surface area contributed by atoms with Crippen LogP contribution >= 0.6 is 0 Å². The zero-order valence-corrected chi connectivity index (χ0v) is 12.1. The van der Waals surface area contributed by atoms with Crippen molar-refractivity contribution in [3.8, 4) is 0 Å². The summed E-state index contributed by atoms with van der Waals surface area (Å²) in [5, 5.41) is 2.89. The Morgan fingerprint density at radius 3 is 2.58 bits per heavy atom. The molecule has 0 spiro atoms. The third-order valence-electron chi connectivity index (χ3n) is 2.72. The fraction of sp³-hybridized carbons (Fsp3) is 0.571. The lowest BCUT2D eigenvalue weighted by molar-refractivity contribution is 0.0457. The molecule has 106 valence electrons. The monoisotopic (exact) mass is 265 g/mol. The third-order valence-corrected chi connectivity index (χ3v) is 2.72. The van der Waals surface area contributed by atoms with Gasteiger partial charge in [0.15, 0.2) is 0 Å². The SMILES string of the molecule is CC(C)(C)OC(=O)NC(C)(CCN)c1cccnc1. The Morgan fingerprint density at radius 2 is 2.11 bits per heavy atom. The highest BCUT2D eigenvalue weighted by Crippen LogP contribution is 2.24. The minimum absolute atomic E-state index is 0.452. The van der Waals surface area contributed by atoms with Crippen LogP contribution in [0, 0.1) is 0 Å². The molecule has 0 aliphatic heterocycles. The highest BCUT2D eigenvalue weighted by atomic mass is 16.6. The van der Waals surface area contributed by atoms with Crippen LogP contribution < -0.4 is 11.1 Å². The first-order chi connectivity index (χ1) is 8.77. The highest BCUT2D eigenvalue weighted by Gasteiger charge is 2.30. The second-order valence-electron chi connectivity index (χ2n) is 5.74. The van der Waals surface area contributed by atoms with Crippen LogP contribution in [-0.4, -0.2) is 23.2 Å². The van der Waals surface area contributed by atoms with E-state index in [0.717, 1.165) is 5.56 Å². The van der Waals surface area contributed by atoms with Crippen molar-refractivity contribution in [2.24, 2.45) is 5.73 Å². The third kappa shape index (κ3) is 4.87. The molecule has 5 heteroatoms. The molecule has 1 amide bonds. The van der Waals surface area contributed by atoms with Crippen molar-refractivity contribution in [3.05, 3.63) is 30.1 Å². The van der Waals surface area contributed by atoms with Crippen LogP contribution in [0.4, 0.5) is 4.79 Å². The molecular weight excluding hydrogens is 242 g/mol. The second-order valence-corrected chi connectivity index (χ2v) is 5.74. The summed E-state index contributed by atoms with van der Waals surface area (Å²) in [7, 11) is 0. The fourth-order valence-electron chi connectivity index (χ4n) is 1.79. The summed E-state index contributed by atoms with van der Waals surface area (Å²) >= 11 is 0. The van der Waals surface area contributed by atoms with Gasteiger partial charge in [0, 0.05) is 12.4 Å². The van der Waals surface area contributed by atoms with Crippen molar-refractivity contribution >= 4 is 6.09 Å². The largest absolute Gasteiger partial charge is 0.444 e. The Morgan fingerprint density at radius 1 is 1.42 bits per heavy atom. The van der Waals surface area contributed by atoms with Crippen LogP contribution in [0.5, 0.6) is 0 Å². The summed E-state index contributed by atoms with van der Waals surface area (Å²) in [4.78, 5) is 16.0. The van der Waals surface area contributed by atoms with E-state index in [1.807, 2.05) is 39.8 Å². The summed E-state index contributed by atoms with van der Waals surface area (Å²) in [5.74, 6) is 0. The van der Waals surface area contributed by atoms with Gasteiger partial charge in [-0.2, -0.15) is 0 Å². The van der Waals surface area contributed by atoms with Gasteiger partial charge >= 0.3 is 6.09 Å². The summed E-state index contributed by atoms with van der Waals surface area (Å²) in [5.41, 5.74) is 5.45. The molecule has 0 aliphatic carbocycles. The lowest BCUT2D eigenvalue weighted by Gasteiger charge is -2.32. The van der Waals surface area contributed by atoms with Crippen LogP contribution in [0.1, 0.15) is 39.7 Å². The maximum Gasteiger partial charge on any atom is 0.408 e. The van der Waals surface area contributed by atoms with Crippen molar-refractivity contribution in [2.75, 3.05) is 6.54 Å². The van der Waals surface area contributed by atoms with Crippen LogP contribution in [0.25, 0.3) is 0 Å². The predicted octanol–water partition coefficient (Wildman–Crippen LogP) is 2.17. The molecule has 0 saturated carbocycles. The minimum atomic E-state index is -0.578. The van der Waals surface area contributed by atoms with E-state index < -0.39 is 17.2 Å². The van der Waals surface area contributed by atoms with E-state index >= 15 is 0 Å². The molecule has 1 atom stereocenters. The lowest BCUT2D eigenvalue weighted by Crippen LogP contribution is -2.46. The Hall–Kier alpha value is -1.62. The zero-order valence-electron chi connectivity index (χ0n) is 12.1. The fourth-order valence-corrected chi connectivity index (χ4v) is 1.79. The predicted molar refractivity (Wildman–Crippen MR) is 74.6 cm³/mol. The van der Waals surface area contributed by atoms with E-state index in [9.17, 15) is 4.79 Å². The maximum absolute atomic E-state index is 11.9. The molecule has 19 heavy (non-hydrogen) atoms. The molecule has 0 aromatic carbocycles. The first-order valence-corrected chi connectivity index (χ1v) is 6.38. The number of nitrogens with one attached hydrogen (secondary N) is 1. The summed E-state index contributed by atoms with van der Waals surface area (Å²) in [6.45, 7) is 7.87. The minimum Gasteiger partial charge on any atom is -0.444 e. The summed E-state index contributed by atoms with van der Waals surface area (Å²) in [6, 6.07) is 3.75. The van der Waals surface area contributed by atoms with Gasteiger partial charge in [-0.05, 0) is 52.3 Å². The van der Waals surface area contributed by atoms with E-state index in [4.69, 9.17) is 10.5 Å². The maximum atomic E-state index is 11.9. The molecule has 1 aromatic heterocycles. The van der Waals surface area contributed by atoms with Gasteiger partial charge in [-0.15, -0.1) is 0 Å². The van der Waals surface area contributed by atoms with Crippen molar-refractivity contribution in [2.45, 2.75) is 45.3 Å². The topological polar surface area (TPSA) is 77.2 Å². The van der Waals surface area contributed by atoms with Crippen LogP contribution in [0.3, 0.4) is 0 Å². The average Bonchev–Trinajstić information content (AvgIpc) is 2.27. The number of ether oxygens (including phenoxy) is 1. The molecule has 3 N–H and O–H groups in total. The van der Waals surface area contributed by atoms with E-state index in [2.05, 4.69) is 10.3 Å². The van der Waals surface area contributed by atoms with E-state index in [1.54, 1.807) is 12.4 Å². The molecule has 0 bridgehead atoms. The second kappa shape index (κ2) is 6.02. The number of hydrogen-bond acceptors (Lipinski definition) is 4. The van der Waals surface area contributed by atoms with Crippen LogP contribution in [0.2, 0.25) is 0 Å².